The summed E-state index contributed by atoms with van der Waals surface area (Å²) in [6.45, 7) is 6.06. The van der Waals surface area contributed by atoms with Crippen LogP contribution >= 0.6 is 0 Å². The second-order valence-electron chi connectivity index (χ2n) is 8.59. The van der Waals surface area contributed by atoms with Crippen molar-refractivity contribution in [3.05, 3.63) is 84.2 Å². The van der Waals surface area contributed by atoms with Crippen LogP contribution in [-0.4, -0.2) is 0 Å². The third kappa shape index (κ3) is 4.45. The first kappa shape index (κ1) is 19.9. The summed E-state index contributed by atoms with van der Waals surface area (Å²) in [4.78, 5) is 0. The lowest BCUT2D eigenvalue weighted by molar-refractivity contribution is 0.296. The Hall–Kier alpha value is -2.41. The van der Waals surface area contributed by atoms with Crippen LogP contribution in [0.1, 0.15) is 50.2 Å². The number of fused-ring (bicyclic) bond motifs is 1. The normalized spacial score (nSPS) is 19.4. The molecule has 1 saturated carbocycles. The summed E-state index contributed by atoms with van der Waals surface area (Å²) in [7, 11) is 0. The summed E-state index contributed by atoms with van der Waals surface area (Å²) in [5, 5.41) is 1.69. The Morgan fingerprint density at radius 3 is 2.34 bits per heavy atom. The number of hydrogen-bond donors (Lipinski definition) is 0. The Bertz CT molecular complexity index is 975. The summed E-state index contributed by atoms with van der Waals surface area (Å²) >= 11 is 0. The van der Waals surface area contributed by atoms with Crippen molar-refractivity contribution in [2.24, 2.45) is 11.8 Å². The highest BCUT2D eigenvalue weighted by Crippen LogP contribution is 2.33. The average molecular weight is 387 g/mol. The van der Waals surface area contributed by atoms with E-state index in [1.165, 1.54) is 43.2 Å². The number of rotatable bonds is 6. The molecule has 0 nitrogen and oxygen atoms in total. The largest absolute Gasteiger partial charge is 0.206 e. The molecule has 0 heterocycles. The number of hydrogen-bond acceptors (Lipinski definition) is 0. The molecular formula is C28H31F. The van der Waals surface area contributed by atoms with Gasteiger partial charge in [0.15, 0.2) is 0 Å². The molecule has 29 heavy (non-hydrogen) atoms. The molecule has 4 rings (SSSR count). The molecule has 1 aliphatic rings. The molecule has 0 aromatic heterocycles. The zero-order valence-electron chi connectivity index (χ0n) is 17.5. The van der Waals surface area contributed by atoms with Crippen molar-refractivity contribution in [1.29, 1.82) is 0 Å². The standard InChI is InChI=1S/C28H31F/c1-3-20-5-7-22(8-6-20)9-10-23-11-14-24(15-12-23)26-18-16-25-19-21(4-2)13-17-27(25)28(26)29/h3,11-20,22H,1,4-10H2,2H3. The molecule has 0 saturated heterocycles. The van der Waals surface area contributed by atoms with E-state index in [9.17, 15) is 0 Å². The monoisotopic (exact) mass is 386 g/mol. The van der Waals surface area contributed by atoms with Gasteiger partial charge in [0.05, 0.1) is 0 Å². The summed E-state index contributed by atoms with van der Waals surface area (Å²) in [5.41, 5.74) is 4.25. The first-order valence-electron chi connectivity index (χ1n) is 11.1. The smallest absolute Gasteiger partial charge is 0.138 e. The minimum absolute atomic E-state index is 0.114. The predicted octanol–water partition coefficient (Wildman–Crippen LogP) is 8.13. The van der Waals surface area contributed by atoms with E-state index in [-0.39, 0.29) is 5.82 Å². The number of aryl methyl sites for hydroxylation is 2. The Balaban J connectivity index is 1.45. The van der Waals surface area contributed by atoms with Crippen LogP contribution in [0, 0.1) is 17.7 Å². The molecule has 150 valence electrons. The first-order chi connectivity index (χ1) is 14.2. The van der Waals surface area contributed by atoms with Gasteiger partial charge >= 0.3 is 0 Å². The van der Waals surface area contributed by atoms with Gasteiger partial charge in [0, 0.05) is 10.9 Å². The van der Waals surface area contributed by atoms with Crippen molar-refractivity contribution in [2.45, 2.75) is 51.9 Å². The van der Waals surface area contributed by atoms with Gasteiger partial charge in [-0.3, -0.25) is 0 Å². The molecule has 0 unspecified atom stereocenters. The third-order valence-electron chi connectivity index (χ3n) is 6.76. The van der Waals surface area contributed by atoms with Crippen molar-refractivity contribution in [1.82, 2.24) is 0 Å². The Kier molecular flexibility index (Phi) is 6.13. The molecule has 0 amide bonds. The molecular weight excluding hydrogens is 355 g/mol. The van der Waals surface area contributed by atoms with Gasteiger partial charge in [-0.05, 0) is 78.9 Å². The van der Waals surface area contributed by atoms with Gasteiger partial charge in [0.1, 0.15) is 5.82 Å². The van der Waals surface area contributed by atoms with E-state index in [0.717, 1.165) is 35.6 Å². The quantitative estimate of drug-likeness (QED) is 0.375. The van der Waals surface area contributed by atoms with Crippen molar-refractivity contribution >= 4 is 10.8 Å². The predicted molar refractivity (Wildman–Crippen MR) is 123 cm³/mol. The number of halogens is 1. The van der Waals surface area contributed by atoms with E-state index in [1.54, 1.807) is 0 Å². The van der Waals surface area contributed by atoms with Crippen molar-refractivity contribution < 1.29 is 4.39 Å². The maximum Gasteiger partial charge on any atom is 0.138 e. The van der Waals surface area contributed by atoms with E-state index < -0.39 is 0 Å². The van der Waals surface area contributed by atoms with Crippen LogP contribution in [0.3, 0.4) is 0 Å². The molecule has 0 aliphatic heterocycles. The Morgan fingerprint density at radius 2 is 1.66 bits per heavy atom. The zero-order chi connectivity index (χ0) is 20.2. The fourth-order valence-electron chi connectivity index (χ4n) is 4.72. The Labute approximate surface area is 174 Å². The topological polar surface area (TPSA) is 0 Å². The van der Waals surface area contributed by atoms with Crippen LogP contribution < -0.4 is 0 Å². The van der Waals surface area contributed by atoms with Gasteiger partial charge in [0.25, 0.3) is 0 Å². The van der Waals surface area contributed by atoms with E-state index in [1.807, 2.05) is 24.3 Å². The third-order valence-corrected chi connectivity index (χ3v) is 6.76. The molecule has 0 spiro atoms. The van der Waals surface area contributed by atoms with E-state index >= 15 is 4.39 Å². The minimum Gasteiger partial charge on any atom is -0.206 e. The number of benzene rings is 3. The van der Waals surface area contributed by atoms with Crippen LogP contribution in [0.15, 0.2) is 67.3 Å². The summed E-state index contributed by atoms with van der Waals surface area (Å²) in [5.74, 6) is 1.46. The lowest BCUT2D eigenvalue weighted by atomic mass is 9.79. The second kappa shape index (κ2) is 8.95. The van der Waals surface area contributed by atoms with Gasteiger partial charge in [-0.15, -0.1) is 6.58 Å². The van der Waals surface area contributed by atoms with E-state index in [4.69, 9.17) is 0 Å². The molecule has 0 bridgehead atoms. The maximum atomic E-state index is 15.1. The van der Waals surface area contributed by atoms with Gasteiger partial charge in [-0.1, -0.05) is 67.6 Å². The van der Waals surface area contributed by atoms with Gasteiger partial charge < -0.3 is 0 Å². The fraction of sp³-hybridized carbons (Fsp3) is 0.357. The molecule has 3 aromatic rings. The van der Waals surface area contributed by atoms with Crippen molar-refractivity contribution in [3.63, 3.8) is 0 Å². The highest BCUT2D eigenvalue weighted by molar-refractivity contribution is 5.88. The van der Waals surface area contributed by atoms with Crippen molar-refractivity contribution in [2.75, 3.05) is 0 Å². The van der Waals surface area contributed by atoms with Gasteiger partial charge in [-0.25, -0.2) is 4.39 Å². The summed E-state index contributed by atoms with van der Waals surface area (Å²) in [6.07, 6.45) is 10.7. The lowest BCUT2D eigenvalue weighted by Crippen LogP contribution is -2.13. The Morgan fingerprint density at radius 1 is 0.931 bits per heavy atom. The molecule has 0 N–H and O–H groups in total. The summed E-state index contributed by atoms with van der Waals surface area (Å²) in [6, 6.07) is 18.5. The summed E-state index contributed by atoms with van der Waals surface area (Å²) < 4.78 is 15.1. The maximum absolute atomic E-state index is 15.1. The highest BCUT2D eigenvalue weighted by atomic mass is 19.1. The average Bonchev–Trinajstić information content (AvgIpc) is 2.78. The molecule has 0 radical (unpaired) electrons. The SMILES string of the molecule is C=CC1CCC(CCc2ccc(-c3ccc4cc(CC)ccc4c3F)cc2)CC1. The van der Waals surface area contributed by atoms with Crippen LogP contribution in [0.4, 0.5) is 4.39 Å². The van der Waals surface area contributed by atoms with Crippen LogP contribution in [-0.2, 0) is 12.8 Å². The molecule has 1 heteroatoms. The highest BCUT2D eigenvalue weighted by Gasteiger charge is 2.19. The van der Waals surface area contributed by atoms with E-state index in [2.05, 4.69) is 49.9 Å². The van der Waals surface area contributed by atoms with Crippen LogP contribution in [0.5, 0.6) is 0 Å². The van der Waals surface area contributed by atoms with Crippen LogP contribution in [0.2, 0.25) is 0 Å². The zero-order valence-corrected chi connectivity index (χ0v) is 17.5. The second-order valence-corrected chi connectivity index (χ2v) is 8.59. The molecule has 1 fully saturated rings. The number of allylic oxidation sites excluding steroid dienone is 1. The van der Waals surface area contributed by atoms with Crippen molar-refractivity contribution in [3.8, 4) is 11.1 Å². The molecule has 0 atom stereocenters. The van der Waals surface area contributed by atoms with Crippen LogP contribution in [0.25, 0.3) is 21.9 Å². The molecule has 3 aromatic carbocycles. The van der Waals surface area contributed by atoms with E-state index in [0.29, 0.717) is 10.9 Å². The van der Waals surface area contributed by atoms with Gasteiger partial charge in [0.2, 0.25) is 0 Å². The van der Waals surface area contributed by atoms with Gasteiger partial charge in [-0.2, -0.15) is 0 Å². The minimum atomic E-state index is -0.114. The lowest BCUT2D eigenvalue weighted by Gasteiger charge is -2.26. The first-order valence-corrected chi connectivity index (χ1v) is 11.1. The fourth-order valence-corrected chi connectivity index (χ4v) is 4.72. The molecule has 1 aliphatic carbocycles.